The van der Waals surface area contributed by atoms with E-state index in [9.17, 15) is 4.39 Å². The van der Waals surface area contributed by atoms with Crippen molar-refractivity contribution in [2.75, 3.05) is 13.1 Å². The van der Waals surface area contributed by atoms with Gasteiger partial charge >= 0.3 is 0 Å². The Hall–Kier alpha value is -2.73. The molecule has 5 nitrogen and oxygen atoms in total. The van der Waals surface area contributed by atoms with Gasteiger partial charge in [-0.3, -0.25) is 0 Å². The minimum absolute atomic E-state index is 0.214. The van der Waals surface area contributed by atoms with Crippen LogP contribution in [0.3, 0.4) is 0 Å². The molecule has 1 aromatic heterocycles. The maximum Gasteiger partial charge on any atom is 0.132 e. The predicted molar refractivity (Wildman–Crippen MR) is 182 cm³/mol. The minimum Gasteiger partial charge on any atom is -0.403 e. The van der Waals surface area contributed by atoms with Crippen LogP contribution < -0.4 is 5.73 Å². The Balaban J connectivity index is 0. The number of halogens is 1. The Morgan fingerprint density at radius 2 is 1.74 bits per heavy atom. The number of hydrogen-bond donors (Lipinski definition) is 2. The van der Waals surface area contributed by atoms with Gasteiger partial charge in [-0.1, -0.05) is 66.7 Å². The summed E-state index contributed by atoms with van der Waals surface area (Å²) in [5.41, 5.74) is 8.37. The Morgan fingerprint density at radius 1 is 1.14 bits per heavy atom. The molecule has 1 unspecified atom stereocenters. The quantitative estimate of drug-likeness (QED) is 0.215. The number of hydrogen-bond acceptors (Lipinski definition) is 4. The molecule has 0 aliphatic carbocycles. The fourth-order valence-electron chi connectivity index (χ4n) is 4.16. The zero-order valence-electron chi connectivity index (χ0n) is 28.4. The van der Waals surface area contributed by atoms with Gasteiger partial charge in [0.1, 0.15) is 17.9 Å². The summed E-state index contributed by atoms with van der Waals surface area (Å²) >= 11 is 0. The van der Waals surface area contributed by atoms with Gasteiger partial charge < -0.3 is 20.4 Å². The van der Waals surface area contributed by atoms with Crippen molar-refractivity contribution < 1.29 is 9.18 Å². The standard InChI is InChI=1S/C16H19FN2.C9H19N.C7H15N.C2H4O.C2H6/c1-4-5-6-12(3)16-18-10-15(19-16)13-8-7-11(2)9-14(13)17;1-3-9(2)10-7-5-4-6-8-10;1-6(2)4-5-7(3)8;1-2-3;1-2/h4,7-10,12H,1,5-6H2,2-3H3,(H,18,19);9H,3-8H2,1-2H3;6H,3-5,8H2,1-2H3;2H,1H3;1-2H3/t12-;;;;/m1..../s1. The van der Waals surface area contributed by atoms with Gasteiger partial charge in [0, 0.05) is 23.2 Å². The lowest BCUT2D eigenvalue weighted by Crippen LogP contribution is -2.36. The number of aromatic nitrogens is 2. The van der Waals surface area contributed by atoms with E-state index in [1.165, 1.54) is 51.8 Å². The number of nitrogens with two attached hydrogens (primary N) is 1. The van der Waals surface area contributed by atoms with E-state index in [2.05, 4.69) is 62.6 Å². The van der Waals surface area contributed by atoms with Crippen LogP contribution in [0.2, 0.25) is 0 Å². The molecular weight excluding hydrogens is 523 g/mol. The summed E-state index contributed by atoms with van der Waals surface area (Å²) in [6, 6.07) is 6.05. The number of H-pyrrole nitrogens is 1. The molecule has 2 aromatic rings. The van der Waals surface area contributed by atoms with Crippen molar-refractivity contribution in [1.82, 2.24) is 14.9 Å². The number of rotatable bonds is 10. The molecule has 3 rings (SSSR count). The molecule has 0 spiro atoms. The highest BCUT2D eigenvalue weighted by atomic mass is 19.1. The summed E-state index contributed by atoms with van der Waals surface area (Å²) in [5.74, 6) is 1.75. The van der Waals surface area contributed by atoms with E-state index in [-0.39, 0.29) is 5.82 Å². The van der Waals surface area contributed by atoms with E-state index in [1.54, 1.807) is 12.3 Å². The molecule has 2 heterocycles. The fourth-order valence-corrected chi connectivity index (χ4v) is 4.16. The fraction of sp³-hybridized carbons (Fsp3) is 0.611. The van der Waals surface area contributed by atoms with E-state index in [1.807, 2.05) is 32.9 Å². The highest BCUT2D eigenvalue weighted by Crippen LogP contribution is 2.25. The molecule has 1 aliphatic rings. The third-order valence-corrected chi connectivity index (χ3v) is 6.93. The second kappa shape index (κ2) is 25.9. The zero-order valence-corrected chi connectivity index (χ0v) is 28.4. The van der Waals surface area contributed by atoms with Crippen molar-refractivity contribution >= 4 is 6.29 Å². The first-order chi connectivity index (χ1) is 20.0. The van der Waals surface area contributed by atoms with Crippen LogP contribution in [0.5, 0.6) is 0 Å². The molecule has 1 aromatic carbocycles. The van der Waals surface area contributed by atoms with Gasteiger partial charge in [0.05, 0.1) is 11.9 Å². The Labute approximate surface area is 258 Å². The molecular formula is C36H63FN4O. The first-order valence-corrected chi connectivity index (χ1v) is 16.0. The van der Waals surface area contributed by atoms with E-state index in [0.29, 0.717) is 11.5 Å². The Morgan fingerprint density at radius 3 is 2.19 bits per heavy atom. The minimum atomic E-state index is -0.214. The van der Waals surface area contributed by atoms with Crippen molar-refractivity contribution in [3.05, 3.63) is 66.5 Å². The van der Waals surface area contributed by atoms with E-state index >= 15 is 0 Å². The maximum absolute atomic E-state index is 13.9. The number of likely N-dealkylation sites (tertiary alicyclic amines) is 1. The SMILES string of the molecule is C=C(N)CCC(C)C.C=CCC[C@@H](C)c1ncc(-c2ccc(C)cc2F)[nH]1.CC.CC=O.CCC(C)N1CCCCC1. The molecule has 240 valence electrons. The van der Waals surface area contributed by atoms with Gasteiger partial charge in [-0.15, -0.1) is 6.58 Å². The molecule has 3 N–H and O–H groups in total. The first-order valence-electron chi connectivity index (χ1n) is 16.0. The largest absolute Gasteiger partial charge is 0.403 e. The third-order valence-electron chi connectivity index (χ3n) is 6.93. The molecule has 6 heteroatoms. The van der Waals surface area contributed by atoms with Crippen molar-refractivity contribution in [2.24, 2.45) is 11.7 Å². The molecule has 1 aliphatic heterocycles. The molecule has 0 bridgehead atoms. The summed E-state index contributed by atoms with van der Waals surface area (Å²) in [7, 11) is 0. The molecule has 1 saturated heterocycles. The number of aldehydes is 1. The lowest BCUT2D eigenvalue weighted by molar-refractivity contribution is -0.106. The molecule has 1 fully saturated rings. The number of nitrogens with one attached hydrogen (secondary N) is 1. The van der Waals surface area contributed by atoms with Gasteiger partial charge in [-0.25, -0.2) is 9.37 Å². The normalized spacial score (nSPS) is 13.8. The molecule has 0 amide bonds. The van der Waals surface area contributed by atoms with Crippen molar-refractivity contribution in [3.8, 4) is 11.3 Å². The summed E-state index contributed by atoms with van der Waals surface area (Å²) in [4.78, 5) is 19.0. The lowest BCUT2D eigenvalue weighted by Gasteiger charge is -2.31. The van der Waals surface area contributed by atoms with Crippen LogP contribution in [-0.4, -0.2) is 40.3 Å². The van der Waals surface area contributed by atoms with Gasteiger partial charge in [0.25, 0.3) is 0 Å². The Bertz CT molecular complexity index is 963. The van der Waals surface area contributed by atoms with E-state index in [4.69, 9.17) is 10.5 Å². The van der Waals surface area contributed by atoms with Crippen molar-refractivity contribution in [1.29, 1.82) is 0 Å². The number of nitrogens with zero attached hydrogens (tertiary/aromatic N) is 2. The van der Waals surface area contributed by atoms with Crippen LogP contribution >= 0.6 is 0 Å². The second-order valence-electron chi connectivity index (χ2n) is 11.1. The molecule has 0 radical (unpaired) electrons. The molecule has 0 saturated carbocycles. The van der Waals surface area contributed by atoms with Crippen LogP contribution in [-0.2, 0) is 4.79 Å². The number of aromatic amines is 1. The van der Waals surface area contributed by atoms with Gasteiger partial charge in [0.15, 0.2) is 0 Å². The van der Waals surface area contributed by atoms with Crippen LogP contribution in [0.15, 0.2) is 49.3 Å². The van der Waals surface area contributed by atoms with Crippen LogP contribution in [0.25, 0.3) is 11.3 Å². The number of carbonyl (C=O) groups excluding carboxylic acids is 1. The summed E-state index contributed by atoms with van der Waals surface area (Å²) < 4.78 is 13.9. The van der Waals surface area contributed by atoms with Crippen molar-refractivity contribution in [2.45, 2.75) is 126 Å². The Kier molecular flexibility index (Phi) is 25.6. The topological polar surface area (TPSA) is 75.0 Å². The summed E-state index contributed by atoms with van der Waals surface area (Å²) in [6.07, 6.45) is 14.0. The number of piperidine rings is 1. The number of imidazole rings is 1. The molecule has 42 heavy (non-hydrogen) atoms. The smallest absolute Gasteiger partial charge is 0.132 e. The highest BCUT2D eigenvalue weighted by molar-refractivity contribution is 5.59. The van der Waals surface area contributed by atoms with Crippen LogP contribution in [0.4, 0.5) is 4.39 Å². The second-order valence-corrected chi connectivity index (χ2v) is 11.1. The molecule has 2 atom stereocenters. The monoisotopic (exact) mass is 586 g/mol. The summed E-state index contributed by atoms with van der Waals surface area (Å²) in [6.45, 7) is 28.4. The zero-order chi connectivity index (χ0) is 32.5. The maximum atomic E-state index is 13.9. The van der Waals surface area contributed by atoms with E-state index in [0.717, 1.165) is 66.7 Å². The van der Waals surface area contributed by atoms with Gasteiger partial charge in [-0.2, -0.15) is 0 Å². The highest BCUT2D eigenvalue weighted by Gasteiger charge is 2.14. The lowest BCUT2D eigenvalue weighted by atomic mass is 10.1. The predicted octanol–water partition coefficient (Wildman–Crippen LogP) is 9.99. The number of aryl methyl sites for hydroxylation is 1. The van der Waals surface area contributed by atoms with E-state index < -0.39 is 0 Å². The third kappa shape index (κ3) is 19.4. The van der Waals surface area contributed by atoms with Gasteiger partial charge in [-0.05, 0) is 102 Å². The number of carbonyl (C=O) groups is 1. The summed E-state index contributed by atoms with van der Waals surface area (Å²) in [5, 5.41) is 0. The van der Waals surface area contributed by atoms with Crippen LogP contribution in [0, 0.1) is 18.7 Å². The average Bonchev–Trinajstić information content (AvgIpc) is 3.47. The van der Waals surface area contributed by atoms with Gasteiger partial charge in [0.2, 0.25) is 0 Å². The average molecular weight is 587 g/mol. The van der Waals surface area contributed by atoms with Crippen molar-refractivity contribution in [3.63, 3.8) is 0 Å². The van der Waals surface area contributed by atoms with Crippen LogP contribution in [0.1, 0.15) is 124 Å². The number of benzene rings is 1. The first kappa shape index (κ1) is 41.4. The number of allylic oxidation sites excluding steroid dienone is 2.